The highest BCUT2D eigenvalue weighted by Crippen LogP contribution is 2.31. The van der Waals surface area contributed by atoms with Gasteiger partial charge in [0.2, 0.25) is 11.0 Å². The summed E-state index contributed by atoms with van der Waals surface area (Å²) in [6.45, 7) is 4.04. The maximum Gasteiger partial charge on any atom is 0.300 e. The molecule has 6 rings (SSSR count). The van der Waals surface area contributed by atoms with Gasteiger partial charge in [-0.25, -0.2) is 9.26 Å². The molecule has 0 unspecified atom stereocenters. The van der Waals surface area contributed by atoms with E-state index in [2.05, 4.69) is 35.2 Å². The van der Waals surface area contributed by atoms with Crippen LogP contribution < -0.4 is 11.1 Å². The van der Waals surface area contributed by atoms with E-state index < -0.39 is 9.85 Å². The molecule has 0 saturated carbocycles. The molecule has 0 aliphatic rings. The van der Waals surface area contributed by atoms with Crippen molar-refractivity contribution in [2.45, 2.75) is 13.8 Å². The number of anilines is 3. The second-order valence-corrected chi connectivity index (χ2v) is 8.94. The van der Waals surface area contributed by atoms with Gasteiger partial charge >= 0.3 is 11.4 Å². The molecule has 0 amide bonds. The topological polar surface area (TPSA) is 202 Å². The minimum Gasteiger partial charge on any atom is -0.399 e. The van der Waals surface area contributed by atoms with Gasteiger partial charge in [0.1, 0.15) is 0 Å². The number of nitrogen functional groups attached to an aromatic ring is 1. The van der Waals surface area contributed by atoms with Gasteiger partial charge in [-0.05, 0) is 70.9 Å². The number of nitrogens with one attached hydrogen (secondary N) is 1. The summed E-state index contributed by atoms with van der Waals surface area (Å²) in [5, 5.41) is 38.9. The fraction of sp³-hybridized carbons (Fsp3) is 0.0769. The number of aromatic nitrogens is 4. The third-order valence-corrected chi connectivity index (χ3v) is 5.85. The Kier molecular flexibility index (Phi) is 8.64. The number of nitrogens with zero attached hydrogens (tertiary/aromatic N) is 6. The van der Waals surface area contributed by atoms with E-state index in [9.17, 15) is 20.2 Å². The molecular formula is C26H21ClN8O6. The Balaban J connectivity index is 0.000000158. The second kappa shape index (κ2) is 12.5. The van der Waals surface area contributed by atoms with E-state index >= 15 is 0 Å². The van der Waals surface area contributed by atoms with Crippen LogP contribution in [0.2, 0.25) is 5.02 Å². The van der Waals surface area contributed by atoms with Gasteiger partial charge in [-0.15, -0.1) is 0 Å². The van der Waals surface area contributed by atoms with E-state index in [-0.39, 0.29) is 32.9 Å². The molecule has 0 aliphatic carbocycles. The third kappa shape index (κ3) is 6.88. The number of rotatable bonds is 4. The van der Waals surface area contributed by atoms with Crippen molar-refractivity contribution in [2.24, 2.45) is 0 Å². The summed E-state index contributed by atoms with van der Waals surface area (Å²) < 4.78 is 8.96. The van der Waals surface area contributed by atoms with Crippen LogP contribution in [-0.4, -0.2) is 30.5 Å². The highest BCUT2D eigenvalue weighted by Gasteiger charge is 2.20. The first-order valence-electron chi connectivity index (χ1n) is 11.7. The van der Waals surface area contributed by atoms with Crippen LogP contribution in [0, 0.1) is 34.1 Å². The molecule has 0 radical (unpaired) electrons. The predicted octanol–water partition coefficient (Wildman–Crippen LogP) is 6.54. The Morgan fingerprint density at radius 2 is 1.15 bits per heavy atom. The van der Waals surface area contributed by atoms with Crippen molar-refractivity contribution < 1.29 is 19.1 Å². The number of nitro groups is 2. The smallest absolute Gasteiger partial charge is 0.300 e. The van der Waals surface area contributed by atoms with E-state index in [1.807, 2.05) is 62.4 Å². The maximum atomic E-state index is 10.9. The van der Waals surface area contributed by atoms with E-state index in [0.717, 1.165) is 16.9 Å². The number of nitrogens with two attached hydrogens (primary N) is 1. The molecule has 3 N–H and O–H groups in total. The van der Waals surface area contributed by atoms with Crippen LogP contribution in [0.25, 0.3) is 22.1 Å². The standard InChI is InChI=1S/C13H10N4O3.C7H9N.C6H2ClN3O3/c1-8-2-4-9(5-3-8)14-10-6-7-11(17(18)19)13-12(10)15-20-16-13;1-6-2-4-7(8)5-3-6;7-3-1-2-4(10(11)12)6-5(3)8-13-9-6/h2-7,14H,1H3;2-5H,8H2,1H3;1-2H. The molecule has 0 fully saturated rings. The summed E-state index contributed by atoms with van der Waals surface area (Å²) in [4.78, 5) is 20.3. The van der Waals surface area contributed by atoms with Crippen molar-refractivity contribution >= 4 is 62.1 Å². The molecule has 2 heterocycles. The molecule has 0 spiro atoms. The lowest BCUT2D eigenvalue weighted by molar-refractivity contribution is -0.383. The van der Waals surface area contributed by atoms with E-state index in [1.165, 1.54) is 23.8 Å². The Morgan fingerprint density at radius 3 is 1.68 bits per heavy atom. The van der Waals surface area contributed by atoms with Gasteiger partial charge < -0.3 is 11.1 Å². The predicted molar refractivity (Wildman–Crippen MR) is 152 cm³/mol. The highest BCUT2D eigenvalue weighted by atomic mass is 35.5. The first-order chi connectivity index (χ1) is 19.6. The number of benzene rings is 4. The summed E-state index contributed by atoms with van der Waals surface area (Å²) >= 11 is 5.69. The Hall–Kier alpha value is -5.63. The summed E-state index contributed by atoms with van der Waals surface area (Å²) in [5.74, 6) is 0. The van der Waals surface area contributed by atoms with Crippen LogP contribution in [0.15, 0.2) is 82.1 Å². The van der Waals surface area contributed by atoms with Gasteiger partial charge in [0.25, 0.3) is 0 Å². The molecule has 208 valence electrons. The maximum absolute atomic E-state index is 10.9. The number of aryl methyl sites for hydroxylation is 2. The molecule has 14 nitrogen and oxygen atoms in total. The summed E-state index contributed by atoms with van der Waals surface area (Å²) in [7, 11) is 0. The lowest BCUT2D eigenvalue weighted by Crippen LogP contribution is -1.94. The average molecular weight is 577 g/mol. The van der Waals surface area contributed by atoms with E-state index in [1.54, 1.807) is 6.07 Å². The molecule has 0 atom stereocenters. The van der Waals surface area contributed by atoms with Crippen molar-refractivity contribution in [1.29, 1.82) is 0 Å². The quantitative estimate of drug-likeness (QED) is 0.130. The summed E-state index contributed by atoms with van der Waals surface area (Å²) in [5.41, 5.74) is 10.6. The van der Waals surface area contributed by atoms with Gasteiger partial charge in [0, 0.05) is 23.5 Å². The zero-order valence-corrected chi connectivity index (χ0v) is 22.3. The number of non-ortho nitro benzene ring substituents is 2. The first-order valence-corrected chi connectivity index (χ1v) is 12.1. The second-order valence-electron chi connectivity index (χ2n) is 8.54. The average Bonchev–Trinajstić information content (AvgIpc) is 3.64. The zero-order valence-electron chi connectivity index (χ0n) is 21.5. The normalized spacial score (nSPS) is 10.3. The van der Waals surface area contributed by atoms with Crippen LogP contribution >= 0.6 is 11.6 Å². The van der Waals surface area contributed by atoms with Crippen LogP contribution in [0.5, 0.6) is 0 Å². The van der Waals surface area contributed by atoms with E-state index in [4.69, 9.17) is 17.3 Å². The minimum absolute atomic E-state index is 0.0671. The number of halogens is 1. The van der Waals surface area contributed by atoms with Gasteiger partial charge in [0.15, 0.2) is 11.0 Å². The number of hydrogen-bond donors (Lipinski definition) is 2. The van der Waals surface area contributed by atoms with Crippen LogP contribution in [0.1, 0.15) is 11.1 Å². The lowest BCUT2D eigenvalue weighted by atomic mass is 10.2. The van der Waals surface area contributed by atoms with Crippen molar-refractivity contribution in [2.75, 3.05) is 11.1 Å². The van der Waals surface area contributed by atoms with E-state index in [0.29, 0.717) is 11.2 Å². The van der Waals surface area contributed by atoms with Crippen LogP contribution in [0.3, 0.4) is 0 Å². The molecule has 6 aromatic rings. The summed E-state index contributed by atoms with van der Waals surface area (Å²) in [6, 6.07) is 21.1. The zero-order chi connectivity index (χ0) is 29.5. The Labute approximate surface area is 235 Å². The van der Waals surface area contributed by atoms with Crippen molar-refractivity contribution in [3.8, 4) is 0 Å². The molecule has 2 aromatic heterocycles. The molecule has 0 saturated heterocycles. The monoisotopic (exact) mass is 576 g/mol. The van der Waals surface area contributed by atoms with Crippen LogP contribution in [-0.2, 0) is 0 Å². The lowest BCUT2D eigenvalue weighted by Gasteiger charge is -2.06. The molecular weight excluding hydrogens is 556 g/mol. The minimum atomic E-state index is -0.567. The summed E-state index contributed by atoms with van der Waals surface area (Å²) in [6.07, 6.45) is 0. The van der Waals surface area contributed by atoms with Crippen molar-refractivity contribution in [1.82, 2.24) is 20.6 Å². The molecule has 4 aromatic carbocycles. The fourth-order valence-corrected chi connectivity index (χ4v) is 3.62. The SMILES string of the molecule is Cc1ccc(N)cc1.Cc1ccc(Nc2ccc([N+](=O)[O-])c3nonc23)cc1.O=[N+]([O-])c1ccc(Cl)c2nonc12. The fourth-order valence-electron chi connectivity index (χ4n) is 3.43. The van der Waals surface area contributed by atoms with Gasteiger partial charge in [-0.2, -0.15) is 0 Å². The van der Waals surface area contributed by atoms with Gasteiger partial charge in [-0.1, -0.05) is 47.0 Å². The van der Waals surface area contributed by atoms with Crippen molar-refractivity contribution in [3.05, 3.63) is 109 Å². The van der Waals surface area contributed by atoms with Crippen LogP contribution in [0.4, 0.5) is 28.4 Å². The number of fused-ring (bicyclic) bond motifs is 2. The third-order valence-electron chi connectivity index (χ3n) is 5.54. The Bertz CT molecular complexity index is 1800. The number of nitro benzene ring substituents is 2. The Morgan fingerprint density at radius 1 is 0.683 bits per heavy atom. The number of hydrogen-bond acceptors (Lipinski definition) is 12. The van der Waals surface area contributed by atoms with Crippen molar-refractivity contribution in [3.63, 3.8) is 0 Å². The molecule has 0 aliphatic heterocycles. The first kappa shape index (κ1) is 28.4. The molecule has 41 heavy (non-hydrogen) atoms. The van der Waals surface area contributed by atoms with Gasteiger partial charge in [-0.3, -0.25) is 20.2 Å². The van der Waals surface area contributed by atoms with Gasteiger partial charge in [0.05, 0.1) is 20.6 Å². The largest absolute Gasteiger partial charge is 0.399 e. The highest BCUT2D eigenvalue weighted by molar-refractivity contribution is 6.35. The molecule has 15 heteroatoms. The molecule has 0 bridgehead atoms.